The number of nitrogens with one attached hydrogen (secondary N) is 1. The van der Waals surface area contributed by atoms with Gasteiger partial charge in [0.25, 0.3) is 11.8 Å². The molecule has 8 nitrogen and oxygen atoms in total. The van der Waals surface area contributed by atoms with Gasteiger partial charge in [0.05, 0.1) is 0 Å². The van der Waals surface area contributed by atoms with Crippen LogP contribution in [-0.4, -0.2) is 35.8 Å². The normalized spacial score (nSPS) is 11.9. The van der Waals surface area contributed by atoms with Gasteiger partial charge in [0.2, 0.25) is 6.79 Å². The van der Waals surface area contributed by atoms with Gasteiger partial charge in [0.15, 0.2) is 18.1 Å². The number of hydrogen-bond acceptors (Lipinski definition) is 6. The van der Waals surface area contributed by atoms with Gasteiger partial charge in [-0.1, -0.05) is 6.07 Å². The average Bonchev–Trinajstić information content (AvgIpc) is 3.26. The molecule has 1 aliphatic rings. The molecule has 0 radical (unpaired) electrons. The van der Waals surface area contributed by atoms with Crippen LogP contribution in [0.15, 0.2) is 36.5 Å². The Kier molecular flexibility index (Phi) is 5.21. The van der Waals surface area contributed by atoms with Gasteiger partial charge in [-0.05, 0) is 36.2 Å². The predicted octanol–water partition coefficient (Wildman–Crippen LogP) is 1.19. The molecule has 1 aromatic carbocycles. The van der Waals surface area contributed by atoms with Crippen LogP contribution in [0, 0.1) is 0 Å². The minimum Gasteiger partial charge on any atom is -0.456 e. The van der Waals surface area contributed by atoms with Crippen LogP contribution in [0.3, 0.4) is 0 Å². The molecule has 0 saturated heterocycles. The third kappa shape index (κ3) is 4.21. The quantitative estimate of drug-likeness (QED) is 0.779. The molecule has 2 heterocycles. The molecule has 1 aliphatic heterocycles. The maximum atomic E-state index is 11.9. The second-order valence-corrected chi connectivity index (χ2v) is 5.73. The van der Waals surface area contributed by atoms with Gasteiger partial charge in [-0.15, -0.1) is 0 Å². The highest BCUT2D eigenvalue weighted by atomic mass is 16.7. The molecule has 2 aromatic rings. The van der Waals surface area contributed by atoms with Crippen molar-refractivity contribution in [2.45, 2.75) is 12.8 Å². The number of carbonyl (C=O) groups excluding carboxylic acids is 3. The molecule has 0 bridgehead atoms. The zero-order valence-electron chi connectivity index (χ0n) is 14.2. The second kappa shape index (κ2) is 7.73. The third-order valence-electron chi connectivity index (χ3n) is 3.85. The zero-order chi connectivity index (χ0) is 18.5. The monoisotopic (exact) mass is 358 g/mol. The van der Waals surface area contributed by atoms with E-state index < -0.39 is 24.4 Å². The summed E-state index contributed by atoms with van der Waals surface area (Å²) in [5.74, 6) is -0.416. The van der Waals surface area contributed by atoms with Gasteiger partial charge < -0.3 is 18.8 Å². The number of aromatic nitrogens is 1. The highest BCUT2D eigenvalue weighted by Gasteiger charge is 2.16. The Hall–Kier alpha value is -3.29. The van der Waals surface area contributed by atoms with Crippen LogP contribution in [0.2, 0.25) is 0 Å². The number of nitrogens with zero attached hydrogens (tertiary/aromatic N) is 1. The van der Waals surface area contributed by atoms with E-state index in [1.54, 1.807) is 42.1 Å². The Labute approximate surface area is 149 Å². The summed E-state index contributed by atoms with van der Waals surface area (Å²) in [7, 11) is 1.69. The van der Waals surface area contributed by atoms with Crippen LogP contribution >= 0.6 is 0 Å². The van der Waals surface area contributed by atoms with E-state index in [1.807, 2.05) is 6.07 Å². The van der Waals surface area contributed by atoms with E-state index in [-0.39, 0.29) is 13.2 Å². The molecule has 26 heavy (non-hydrogen) atoms. The largest absolute Gasteiger partial charge is 0.456 e. The summed E-state index contributed by atoms with van der Waals surface area (Å²) >= 11 is 0. The highest BCUT2D eigenvalue weighted by Crippen LogP contribution is 2.32. The number of amides is 2. The lowest BCUT2D eigenvalue weighted by Crippen LogP contribution is -2.35. The highest BCUT2D eigenvalue weighted by molar-refractivity contribution is 6.04. The fourth-order valence-electron chi connectivity index (χ4n) is 2.48. The number of ether oxygens (including phenoxy) is 3. The van der Waals surface area contributed by atoms with Crippen molar-refractivity contribution in [1.29, 1.82) is 0 Å². The second-order valence-electron chi connectivity index (χ2n) is 5.73. The molecule has 0 unspecified atom stereocenters. The van der Waals surface area contributed by atoms with Gasteiger partial charge in [-0.3, -0.25) is 19.7 Å². The molecule has 2 amide bonds. The Morgan fingerprint density at radius 3 is 2.77 bits per heavy atom. The molecule has 8 heteroatoms. The topological polar surface area (TPSA) is 95.9 Å². The first-order valence-corrected chi connectivity index (χ1v) is 8.02. The Morgan fingerprint density at radius 2 is 2.00 bits per heavy atom. The maximum absolute atomic E-state index is 11.9. The number of esters is 1. The van der Waals surface area contributed by atoms with Crippen LogP contribution < -0.4 is 14.8 Å². The molecule has 0 aliphatic carbocycles. The average molecular weight is 358 g/mol. The van der Waals surface area contributed by atoms with E-state index in [9.17, 15) is 14.4 Å². The summed E-state index contributed by atoms with van der Waals surface area (Å²) < 4.78 is 17.0. The van der Waals surface area contributed by atoms with E-state index in [2.05, 4.69) is 5.32 Å². The Bertz CT molecular complexity index is 842. The summed E-state index contributed by atoms with van der Waals surface area (Å²) in [6.45, 7) is -0.312. The van der Waals surface area contributed by atoms with Crippen LogP contribution in [0.25, 0.3) is 0 Å². The molecule has 0 atom stereocenters. The molecule has 3 rings (SSSR count). The van der Waals surface area contributed by atoms with Gasteiger partial charge in [-0.2, -0.15) is 0 Å². The van der Waals surface area contributed by atoms with E-state index in [0.29, 0.717) is 23.6 Å². The number of carbonyl (C=O) groups is 3. The number of rotatable bonds is 6. The van der Waals surface area contributed by atoms with E-state index in [4.69, 9.17) is 14.2 Å². The Morgan fingerprint density at radius 1 is 1.19 bits per heavy atom. The number of benzene rings is 1. The van der Waals surface area contributed by atoms with Crippen molar-refractivity contribution in [2.75, 3.05) is 13.4 Å². The SMILES string of the molecule is Cn1cccc1C(=O)NC(=O)COC(=O)CCc1ccc2c(c1)OCO2. The summed E-state index contributed by atoms with van der Waals surface area (Å²) in [5.41, 5.74) is 1.24. The van der Waals surface area contributed by atoms with Crippen molar-refractivity contribution in [3.8, 4) is 11.5 Å². The van der Waals surface area contributed by atoms with Crippen LogP contribution in [0.1, 0.15) is 22.5 Å². The van der Waals surface area contributed by atoms with Crippen molar-refractivity contribution in [3.63, 3.8) is 0 Å². The van der Waals surface area contributed by atoms with E-state index in [1.165, 1.54) is 0 Å². The number of hydrogen-bond donors (Lipinski definition) is 1. The molecular weight excluding hydrogens is 340 g/mol. The lowest BCUT2D eigenvalue weighted by atomic mass is 10.1. The van der Waals surface area contributed by atoms with Crippen molar-refractivity contribution in [3.05, 3.63) is 47.8 Å². The van der Waals surface area contributed by atoms with Crippen molar-refractivity contribution < 1.29 is 28.6 Å². The molecule has 136 valence electrons. The van der Waals surface area contributed by atoms with Crippen molar-refractivity contribution in [2.24, 2.45) is 7.05 Å². The van der Waals surface area contributed by atoms with Crippen LogP contribution in [0.5, 0.6) is 11.5 Å². The molecule has 0 saturated carbocycles. The third-order valence-corrected chi connectivity index (χ3v) is 3.85. The van der Waals surface area contributed by atoms with Crippen LogP contribution in [0.4, 0.5) is 0 Å². The minimum atomic E-state index is -0.673. The number of aryl methyl sites for hydroxylation is 2. The van der Waals surface area contributed by atoms with E-state index >= 15 is 0 Å². The fourth-order valence-corrected chi connectivity index (χ4v) is 2.48. The van der Waals surface area contributed by atoms with E-state index in [0.717, 1.165) is 5.56 Å². The van der Waals surface area contributed by atoms with Gasteiger partial charge >= 0.3 is 5.97 Å². The first-order chi connectivity index (χ1) is 12.5. The van der Waals surface area contributed by atoms with Gasteiger partial charge in [0, 0.05) is 19.7 Å². The van der Waals surface area contributed by atoms with Gasteiger partial charge in [-0.25, -0.2) is 0 Å². The lowest BCUT2D eigenvalue weighted by molar-refractivity contribution is -0.148. The molecule has 1 N–H and O–H groups in total. The smallest absolute Gasteiger partial charge is 0.306 e. The first kappa shape index (κ1) is 17.5. The molecule has 1 aromatic heterocycles. The number of imide groups is 1. The first-order valence-electron chi connectivity index (χ1n) is 8.02. The molecule has 0 spiro atoms. The van der Waals surface area contributed by atoms with Crippen molar-refractivity contribution >= 4 is 17.8 Å². The van der Waals surface area contributed by atoms with Crippen LogP contribution in [-0.2, 0) is 27.8 Å². The standard InChI is InChI=1S/C18H18N2O6/c1-20-8-2-3-13(20)18(23)19-16(21)10-24-17(22)7-5-12-4-6-14-15(9-12)26-11-25-14/h2-4,6,8-9H,5,7,10-11H2,1H3,(H,19,21,23). The van der Waals surface area contributed by atoms with Crippen molar-refractivity contribution in [1.82, 2.24) is 9.88 Å². The maximum Gasteiger partial charge on any atom is 0.306 e. The Balaban J connectivity index is 1.40. The summed E-state index contributed by atoms with van der Waals surface area (Å²) in [5, 5.41) is 2.17. The molecule has 0 fully saturated rings. The van der Waals surface area contributed by atoms with Gasteiger partial charge in [0.1, 0.15) is 5.69 Å². The number of fused-ring (bicyclic) bond motifs is 1. The molecular formula is C18H18N2O6. The zero-order valence-corrected chi connectivity index (χ0v) is 14.2. The summed E-state index contributed by atoms with van der Waals surface area (Å²) in [4.78, 5) is 35.4. The minimum absolute atomic E-state index is 0.110. The summed E-state index contributed by atoms with van der Waals surface area (Å²) in [6, 6.07) is 8.70. The fraction of sp³-hybridized carbons (Fsp3) is 0.278. The summed E-state index contributed by atoms with van der Waals surface area (Å²) in [6.07, 6.45) is 2.24. The lowest BCUT2D eigenvalue weighted by Gasteiger charge is -2.07. The predicted molar refractivity (Wildman–Crippen MR) is 89.7 cm³/mol.